The number of rotatable bonds is 5. The van der Waals surface area contributed by atoms with E-state index in [1.807, 2.05) is 49.4 Å². The summed E-state index contributed by atoms with van der Waals surface area (Å²) in [5, 5.41) is 19.6. The highest BCUT2D eigenvalue weighted by Gasteiger charge is 2.15. The Morgan fingerprint density at radius 2 is 1.63 bits per heavy atom. The van der Waals surface area contributed by atoms with Crippen LogP contribution in [0.5, 0.6) is 5.75 Å². The maximum atomic E-state index is 12.9. The molecule has 4 aromatic rings. The summed E-state index contributed by atoms with van der Waals surface area (Å²) in [5.41, 5.74) is 1.34. The van der Waals surface area contributed by atoms with Gasteiger partial charge in [-0.05, 0) is 52.9 Å². The van der Waals surface area contributed by atoms with Gasteiger partial charge in [-0.15, -0.1) is 0 Å². The lowest BCUT2D eigenvalue weighted by Crippen LogP contribution is -2.23. The summed E-state index contributed by atoms with van der Waals surface area (Å²) in [6.45, 7) is 2.59. The average Bonchev–Trinajstić information content (AvgIpc) is 2.77. The molecule has 4 rings (SSSR count). The van der Waals surface area contributed by atoms with Crippen molar-refractivity contribution in [3.05, 3.63) is 83.9 Å². The number of benzene rings is 4. The van der Waals surface area contributed by atoms with Crippen molar-refractivity contribution in [3.63, 3.8) is 0 Å². The summed E-state index contributed by atoms with van der Waals surface area (Å²) in [4.78, 5) is 25.2. The molecule has 5 nitrogen and oxygen atoms in total. The van der Waals surface area contributed by atoms with Gasteiger partial charge in [0.1, 0.15) is 5.75 Å². The number of carbonyl (C=O) groups is 2. The Labute approximate surface area is 174 Å². The van der Waals surface area contributed by atoms with Crippen molar-refractivity contribution in [3.8, 4) is 5.75 Å². The van der Waals surface area contributed by atoms with Crippen LogP contribution in [-0.4, -0.2) is 23.5 Å². The van der Waals surface area contributed by atoms with E-state index in [0.717, 1.165) is 22.6 Å². The molecule has 0 atom stereocenters. The number of hydrogen-bond acceptors (Lipinski definition) is 3. The lowest BCUT2D eigenvalue weighted by atomic mass is 10.0. The molecule has 0 bridgehead atoms. The lowest BCUT2D eigenvalue weighted by Gasteiger charge is -2.11. The first kappa shape index (κ1) is 19.5. The van der Waals surface area contributed by atoms with Crippen LogP contribution >= 0.6 is 0 Å². The van der Waals surface area contributed by atoms with Gasteiger partial charge in [0, 0.05) is 23.2 Å². The van der Waals surface area contributed by atoms with E-state index in [1.165, 1.54) is 0 Å². The molecular weight excluding hydrogens is 376 g/mol. The maximum Gasteiger partial charge on any atom is 0.259 e. The summed E-state index contributed by atoms with van der Waals surface area (Å²) in [6, 6.07) is 21.8. The van der Waals surface area contributed by atoms with E-state index >= 15 is 0 Å². The van der Waals surface area contributed by atoms with Gasteiger partial charge in [0.15, 0.2) is 0 Å². The highest BCUT2D eigenvalue weighted by molar-refractivity contribution is 6.12. The molecule has 0 heterocycles. The minimum absolute atomic E-state index is 0.108. The van der Waals surface area contributed by atoms with E-state index in [9.17, 15) is 14.7 Å². The first-order valence-corrected chi connectivity index (χ1v) is 9.91. The number of anilines is 1. The SMILES string of the molecule is CCCNC(=O)c1ccc2cc(O)c(C(=O)Nc3cccc4ccccc34)cc2c1. The third kappa shape index (κ3) is 3.82. The Bertz CT molecular complexity index is 1260. The Hall–Kier alpha value is -3.86. The van der Waals surface area contributed by atoms with Crippen LogP contribution in [0.4, 0.5) is 5.69 Å². The van der Waals surface area contributed by atoms with E-state index in [0.29, 0.717) is 23.2 Å². The number of phenolic OH excluding ortho intramolecular Hbond substituents is 1. The molecule has 150 valence electrons. The van der Waals surface area contributed by atoms with Crippen molar-refractivity contribution in [2.24, 2.45) is 0 Å². The van der Waals surface area contributed by atoms with Crippen molar-refractivity contribution < 1.29 is 14.7 Å². The standard InChI is InChI=1S/C25H22N2O3/c1-2-12-26-24(29)18-11-10-17-15-23(28)21(14-19(17)13-18)25(30)27-22-9-5-7-16-6-3-4-8-20(16)22/h3-11,13-15,28H,2,12H2,1H3,(H,26,29)(H,27,30). The van der Waals surface area contributed by atoms with E-state index < -0.39 is 5.91 Å². The number of aromatic hydroxyl groups is 1. The number of nitrogens with one attached hydrogen (secondary N) is 2. The zero-order chi connectivity index (χ0) is 21.1. The second kappa shape index (κ2) is 8.25. The van der Waals surface area contributed by atoms with Crippen molar-refractivity contribution in [2.75, 3.05) is 11.9 Å². The molecule has 0 unspecified atom stereocenters. The molecule has 5 heteroatoms. The summed E-state index contributed by atoms with van der Waals surface area (Å²) in [6.07, 6.45) is 0.853. The van der Waals surface area contributed by atoms with Crippen LogP contribution in [0.3, 0.4) is 0 Å². The second-order valence-electron chi connectivity index (χ2n) is 7.17. The molecule has 0 aliphatic carbocycles. The number of amides is 2. The summed E-state index contributed by atoms with van der Waals surface area (Å²) in [7, 11) is 0. The third-order valence-electron chi connectivity index (χ3n) is 5.04. The maximum absolute atomic E-state index is 12.9. The highest BCUT2D eigenvalue weighted by Crippen LogP contribution is 2.28. The van der Waals surface area contributed by atoms with Crippen molar-refractivity contribution in [1.29, 1.82) is 0 Å². The molecule has 30 heavy (non-hydrogen) atoms. The van der Waals surface area contributed by atoms with Crippen LogP contribution in [0.15, 0.2) is 72.8 Å². The van der Waals surface area contributed by atoms with Crippen LogP contribution in [-0.2, 0) is 0 Å². The predicted octanol–water partition coefficient (Wildman–Crippen LogP) is 5.09. The topological polar surface area (TPSA) is 78.4 Å². The molecule has 4 aromatic carbocycles. The number of phenols is 1. The van der Waals surface area contributed by atoms with Gasteiger partial charge in [-0.3, -0.25) is 9.59 Å². The number of fused-ring (bicyclic) bond motifs is 2. The van der Waals surface area contributed by atoms with Crippen LogP contribution in [0, 0.1) is 0 Å². The van der Waals surface area contributed by atoms with Crippen molar-refractivity contribution in [1.82, 2.24) is 5.32 Å². The fourth-order valence-corrected chi connectivity index (χ4v) is 3.47. The Kier molecular flexibility index (Phi) is 5.35. The molecule has 0 saturated heterocycles. The largest absolute Gasteiger partial charge is 0.507 e. The molecule has 0 aromatic heterocycles. The highest BCUT2D eigenvalue weighted by atomic mass is 16.3. The molecule has 3 N–H and O–H groups in total. The van der Waals surface area contributed by atoms with Crippen LogP contribution < -0.4 is 10.6 Å². The average molecular weight is 398 g/mol. The Morgan fingerprint density at radius 3 is 2.47 bits per heavy atom. The first-order chi connectivity index (χ1) is 14.6. The summed E-state index contributed by atoms with van der Waals surface area (Å²) < 4.78 is 0. The van der Waals surface area contributed by atoms with Gasteiger partial charge in [0.25, 0.3) is 11.8 Å². The van der Waals surface area contributed by atoms with Crippen molar-refractivity contribution in [2.45, 2.75) is 13.3 Å². The van der Waals surface area contributed by atoms with Gasteiger partial charge in [-0.1, -0.05) is 49.4 Å². The van der Waals surface area contributed by atoms with Crippen LogP contribution in [0.25, 0.3) is 21.5 Å². The molecular formula is C25H22N2O3. The fourth-order valence-electron chi connectivity index (χ4n) is 3.47. The monoisotopic (exact) mass is 398 g/mol. The Balaban J connectivity index is 1.67. The van der Waals surface area contributed by atoms with Crippen LogP contribution in [0.2, 0.25) is 0 Å². The second-order valence-corrected chi connectivity index (χ2v) is 7.17. The molecule has 0 radical (unpaired) electrons. The molecule has 0 aliphatic heterocycles. The minimum Gasteiger partial charge on any atom is -0.507 e. The molecule has 0 saturated carbocycles. The van der Waals surface area contributed by atoms with Crippen molar-refractivity contribution >= 4 is 39.0 Å². The van der Waals surface area contributed by atoms with E-state index in [1.54, 1.807) is 30.3 Å². The quantitative estimate of drug-likeness (QED) is 0.438. The van der Waals surface area contributed by atoms with Crippen LogP contribution in [0.1, 0.15) is 34.1 Å². The van der Waals surface area contributed by atoms with Gasteiger partial charge in [0.05, 0.1) is 5.56 Å². The van der Waals surface area contributed by atoms with Gasteiger partial charge >= 0.3 is 0 Å². The molecule has 0 spiro atoms. The van der Waals surface area contributed by atoms with E-state index in [4.69, 9.17) is 0 Å². The molecule has 0 aliphatic rings. The van der Waals surface area contributed by atoms with E-state index in [-0.39, 0.29) is 17.2 Å². The summed E-state index contributed by atoms with van der Waals surface area (Å²) >= 11 is 0. The van der Waals surface area contributed by atoms with E-state index in [2.05, 4.69) is 10.6 Å². The predicted molar refractivity (Wildman–Crippen MR) is 120 cm³/mol. The third-order valence-corrected chi connectivity index (χ3v) is 5.04. The molecule has 0 fully saturated rings. The lowest BCUT2D eigenvalue weighted by molar-refractivity contribution is 0.0953. The van der Waals surface area contributed by atoms with Gasteiger partial charge in [-0.2, -0.15) is 0 Å². The van der Waals surface area contributed by atoms with Gasteiger partial charge in [0.2, 0.25) is 0 Å². The smallest absolute Gasteiger partial charge is 0.259 e. The minimum atomic E-state index is -0.411. The molecule has 2 amide bonds. The zero-order valence-electron chi connectivity index (χ0n) is 16.6. The van der Waals surface area contributed by atoms with Gasteiger partial charge in [-0.25, -0.2) is 0 Å². The zero-order valence-corrected chi connectivity index (χ0v) is 16.6. The number of carbonyl (C=O) groups excluding carboxylic acids is 2. The Morgan fingerprint density at radius 1 is 0.833 bits per heavy atom. The normalized spacial score (nSPS) is 10.8. The first-order valence-electron chi connectivity index (χ1n) is 9.91. The van der Waals surface area contributed by atoms with Gasteiger partial charge < -0.3 is 15.7 Å². The fraction of sp³-hybridized carbons (Fsp3) is 0.120. The summed E-state index contributed by atoms with van der Waals surface area (Å²) in [5.74, 6) is -0.677. The number of hydrogen-bond donors (Lipinski definition) is 3.